The van der Waals surface area contributed by atoms with Crippen molar-refractivity contribution >= 4 is 32.7 Å². The number of para-hydroxylation sites is 1. The lowest BCUT2D eigenvalue weighted by atomic mass is 10.0. The Balaban J connectivity index is 1.34. The van der Waals surface area contributed by atoms with Crippen LogP contribution in [0.1, 0.15) is 0 Å². The number of aromatic nitrogens is 4. The molecule has 0 atom stereocenters. The van der Waals surface area contributed by atoms with E-state index >= 15 is 0 Å². The van der Waals surface area contributed by atoms with Crippen LogP contribution in [0.25, 0.3) is 78.0 Å². The summed E-state index contributed by atoms with van der Waals surface area (Å²) in [5.41, 5.74) is 6.69. The van der Waals surface area contributed by atoms with Crippen molar-refractivity contribution in [2.24, 2.45) is 0 Å². The maximum absolute atomic E-state index is 6.17. The molecule has 0 radical (unpaired) electrons. The molecule has 5 nitrogen and oxygen atoms in total. The molecule has 0 unspecified atom stereocenters. The Morgan fingerprint density at radius 3 is 2.02 bits per heavy atom. The number of hydrogen-bond donors (Lipinski definition) is 0. The number of hydrogen-bond acceptors (Lipinski definition) is 5. The Labute approximate surface area is 235 Å². The van der Waals surface area contributed by atoms with E-state index in [0.717, 1.165) is 55.0 Å². The SMILES string of the molecule is c1ccc(-c2ccc(-c3nc(-c4ccc5cnccc5c4)nc(-c4cccc5oc6ccccc6c45)n3)cc2)cc1. The smallest absolute Gasteiger partial charge is 0.164 e. The number of pyridine rings is 1. The Kier molecular flexibility index (Phi) is 5.38. The van der Waals surface area contributed by atoms with Gasteiger partial charge >= 0.3 is 0 Å². The van der Waals surface area contributed by atoms with Gasteiger partial charge in [0, 0.05) is 45.2 Å². The first-order valence-corrected chi connectivity index (χ1v) is 13.5. The summed E-state index contributed by atoms with van der Waals surface area (Å²) in [7, 11) is 0. The van der Waals surface area contributed by atoms with Crippen molar-refractivity contribution in [3.05, 3.63) is 134 Å². The minimum atomic E-state index is 0.601. The highest BCUT2D eigenvalue weighted by Crippen LogP contribution is 2.36. The van der Waals surface area contributed by atoms with Gasteiger partial charge in [-0.15, -0.1) is 0 Å². The second kappa shape index (κ2) is 9.50. The summed E-state index contributed by atoms with van der Waals surface area (Å²) in [5.74, 6) is 1.83. The monoisotopic (exact) mass is 526 g/mol. The lowest BCUT2D eigenvalue weighted by molar-refractivity contribution is 0.669. The van der Waals surface area contributed by atoms with E-state index < -0.39 is 0 Å². The number of fused-ring (bicyclic) bond motifs is 4. The van der Waals surface area contributed by atoms with Crippen molar-refractivity contribution < 1.29 is 4.42 Å². The van der Waals surface area contributed by atoms with Crippen LogP contribution in [0.3, 0.4) is 0 Å². The van der Waals surface area contributed by atoms with Gasteiger partial charge in [-0.05, 0) is 40.8 Å². The van der Waals surface area contributed by atoms with Gasteiger partial charge < -0.3 is 4.42 Å². The lowest BCUT2D eigenvalue weighted by Crippen LogP contribution is -2.00. The molecule has 0 N–H and O–H groups in total. The third-order valence-electron chi connectivity index (χ3n) is 7.43. The molecule has 0 aliphatic carbocycles. The zero-order chi connectivity index (χ0) is 27.2. The van der Waals surface area contributed by atoms with Crippen LogP contribution in [-0.4, -0.2) is 19.9 Å². The molecule has 0 spiro atoms. The molecule has 5 aromatic carbocycles. The van der Waals surface area contributed by atoms with Crippen molar-refractivity contribution in [2.45, 2.75) is 0 Å². The first-order valence-electron chi connectivity index (χ1n) is 13.5. The minimum absolute atomic E-state index is 0.601. The largest absolute Gasteiger partial charge is 0.456 e. The van der Waals surface area contributed by atoms with Gasteiger partial charge in [0.25, 0.3) is 0 Å². The molecule has 8 aromatic rings. The third kappa shape index (κ3) is 4.12. The van der Waals surface area contributed by atoms with Crippen LogP contribution >= 0.6 is 0 Å². The van der Waals surface area contributed by atoms with Gasteiger partial charge in [0.2, 0.25) is 0 Å². The molecule has 3 aromatic heterocycles. The van der Waals surface area contributed by atoms with Crippen LogP contribution in [-0.2, 0) is 0 Å². The number of rotatable bonds is 4. The summed E-state index contributed by atoms with van der Waals surface area (Å²) in [6, 6.07) is 41.0. The normalized spacial score (nSPS) is 11.4. The van der Waals surface area contributed by atoms with Crippen molar-refractivity contribution in [3.8, 4) is 45.3 Å². The molecule has 0 saturated heterocycles. The fraction of sp³-hybridized carbons (Fsp3) is 0. The maximum Gasteiger partial charge on any atom is 0.164 e. The van der Waals surface area contributed by atoms with Gasteiger partial charge in [-0.1, -0.05) is 97.1 Å². The molecule has 0 fully saturated rings. The quantitative estimate of drug-likeness (QED) is 0.229. The summed E-state index contributed by atoms with van der Waals surface area (Å²) < 4.78 is 6.17. The summed E-state index contributed by atoms with van der Waals surface area (Å²) in [5, 5.41) is 4.18. The first kappa shape index (κ1) is 23.2. The standard InChI is InChI=1S/C36H22N4O/c1-2-7-23(8-3-1)24-13-15-25(16-14-24)34-38-35(27-17-18-28-22-37-20-19-26(28)21-27)40-36(39-34)30-10-6-12-32-33(30)29-9-4-5-11-31(29)41-32/h1-22H. The highest BCUT2D eigenvalue weighted by atomic mass is 16.3. The van der Waals surface area contributed by atoms with Crippen LogP contribution in [0.5, 0.6) is 0 Å². The van der Waals surface area contributed by atoms with Crippen LogP contribution in [0.15, 0.2) is 138 Å². The van der Waals surface area contributed by atoms with E-state index in [9.17, 15) is 0 Å². The number of benzene rings is 5. The molecular formula is C36H22N4O. The average Bonchev–Trinajstić information content (AvgIpc) is 3.44. The number of nitrogens with zero attached hydrogens (tertiary/aromatic N) is 4. The second-order valence-electron chi connectivity index (χ2n) is 9.96. The van der Waals surface area contributed by atoms with Crippen LogP contribution < -0.4 is 0 Å². The Hall–Kier alpha value is -5.68. The van der Waals surface area contributed by atoms with E-state index in [1.54, 1.807) is 6.20 Å². The first-order chi connectivity index (χ1) is 20.3. The maximum atomic E-state index is 6.17. The van der Waals surface area contributed by atoms with Crippen molar-refractivity contribution in [1.29, 1.82) is 0 Å². The highest BCUT2D eigenvalue weighted by molar-refractivity contribution is 6.11. The molecule has 41 heavy (non-hydrogen) atoms. The Morgan fingerprint density at radius 1 is 0.463 bits per heavy atom. The predicted molar refractivity (Wildman–Crippen MR) is 164 cm³/mol. The van der Waals surface area contributed by atoms with Gasteiger partial charge in [0.15, 0.2) is 17.5 Å². The van der Waals surface area contributed by atoms with Gasteiger partial charge in [-0.3, -0.25) is 4.98 Å². The van der Waals surface area contributed by atoms with E-state index in [4.69, 9.17) is 19.4 Å². The van der Waals surface area contributed by atoms with Crippen molar-refractivity contribution in [2.75, 3.05) is 0 Å². The highest BCUT2D eigenvalue weighted by Gasteiger charge is 2.18. The van der Waals surface area contributed by atoms with E-state index in [0.29, 0.717) is 17.5 Å². The zero-order valence-corrected chi connectivity index (χ0v) is 21.9. The molecular weight excluding hydrogens is 504 g/mol. The molecule has 0 aliphatic heterocycles. The van der Waals surface area contributed by atoms with Gasteiger partial charge in [0.05, 0.1) is 0 Å². The molecule has 8 rings (SSSR count). The third-order valence-corrected chi connectivity index (χ3v) is 7.43. The van der Waals surface area contributed by atoms with Gasteiger partial charge in [-0.2, -0.15) is 0 Å². The lowest BCUT2D eigenvalue weighted by Gasteiger charge is -2.10. The van der Waals surface area contributed by atoms with Crippen LogP contribution in [0.4, 0.5) is 0 Å². The molecule has 0 bridgehead atoms. The fourth-order valence-electron chi connectivity index (χ4n) is 5.38. The summed E-state index contributed by atoms with van der Waals surface area (Å²) in [6.45, 7) is 0. The number of furan rings is 1. The molecule has 0 aliphatic rings. The molecule has 192 valence electrons. The summed E-state index contributed by atoms with van der Waals surface area (Å²) in [4.78, 5) is 19.3. The fourth-order valence-corrected chi connectivity index (χ4v) is 5.38. The van der Waals surface area contributed by atoms with E-state index in [-0.39, 0.29) is 0 Å². The van der Waals surface area contributed by atoms with Gasteiger partial charge in [0.1, 0.15) is 11.2 Å². The predicted octanol–water partition coefficient (Wildman–Crippen LogP) is 8.99. The summed E-state index contributed by atoms with van der Waals surface area (Å²) >= 11 is 0. The van der Waals surface area contributed by atoms with E-state index in [2.05, 4.69) is 65.6 Å². The second-order valence-corrected chi connectivity index (χ2v) is 9.96. The molecule has 5 heteroatoms. The Bertz CT molecular complexity index is 2200. The molecule has 3 heterocycles. The van der Waals surface area contributed by atoms with E-state index in [1.807, 2.05) is 66.9 Å². The molecule has 0 saturated carbocycles. The van der Waals surface area contributed by atoms with Crippen molar-refractivity contribution in [3.63, 3.8) is 0 Å². The van der Waals surface area contributed by atoms with Crippen LogP contribution in [0.2, 0.25) is 0 Å². The zero-order valence-electron chi connectivity index (χ0n) is 21.9. The topological polar surface area (TPSA) is 64.7 Å². The summed E-state index contributed by atoms with van der Waals surface area (Å²) in [6.07, 6.45) is 3.66. The average molecular weight is 527 g/mol. The molecule has 0 amide bonds. The van der Waals surface area contributed by atoms with Crippen molar-refractivity contribution in [1.82, 2.24) is 19.9 Å². The van der Waals surface area contributed by atoms with E-state index in [1.165, 1.54) is 5.56 Å². The minimum Gasteiger partial charge on any atom is -0.456 e. The Morgan fingerprint density at radius 2 is 1.15 bits per heavy atom. The van der Waals surface area contributed by atoms with Gasteiger partial charge in [-0.25, -0.2) is 15.0 Å². The van der Waals surface area contributed by atoms with Crippen LogP contribution in [0, 0.1) is 0 Å².